The molecule has 0 radical (unpaired) electrons. The number of rotatable bonds is 5. The van der Waals surface area contributed by atoms with Crippen molar-refractivity contribution in [2.45, 2.75) is 18.9 Å². The molecule has 2 N–H and O–H groups in total. The standard InChI is InChI=1S/C11H13FN2O3/c12-8-3-9(5-10(4-8)14(16)17)13-6-11(15)7-1-2-7/h3-5,7,11,13,15H,1-2,6H2. The number of nitro groups is 1. The molecule has 1 aliphatic carbocycles. The molecule has 1 fully saturated rings. The molecule has 1 aromatic carbocycles. The SMILES string of the molecule is O=[N+]([O-])c1cc(F)cc(NCC(O)C2CC2)c1. The summed E-state index contributed by atoms with van der Waals surface area (Å²) in [5.74, 6) is -0.353. The maximum atomic E-state index is 13.1. The summed E-state index contributed by atoms with van der Waals surface area (Å²) in [6.07, 6.45) is 1.54. The number of hydrogen-bond donors (Lipinski definition) is 2. The molecule has 6 heteroatoms. The van der Waals surface area contributed by atoms with Crippen LogP contribution in [0, 0.1) is 21.8 Å². The van der Waals surface area contributed by atoms with Gasteiger partial charge in [0.25, 0.3) is 5.69 Å². The van der Waals surface area contributed by atoms with E-state index in [0.717, 1.165) is 18.9 Å². The number of halogens is 1. The van der Waals surface area contributed by atoms with E-state index in [1.165, 1.54) is 12.1 Å². The Bertz CT molecular complexity index is 435. The van der Waals surface area contributed by atoms with Crippen LogP contribution in [0.2, 0.25) is 0 Å². The highest BCUT2D eigenvalue weighted by Gasteiger charge is 2.29. The molecule has 1 aliphatic rings. The molecule has 0 heterocycles. The van der Waals surface area contributed by atoms with Crippen molar-refractivity contribution in [2.24, 2.45) is 5.92 Å². The van der Waals surface area contributed by atoms with Crippen LogP contribution in [-0.4, -0.2) is 22.7 Å². The van der Waals surface area contributed by atoms with Gasteiger partial charge in [0.1, 0.15) is 5.82 Å². The van der Waals surface area contributed by atoms with Crippen molar-refractivity contribution in [3.05, 3.63) is 34.1 Å². The Morgan fingerprint density at radius 3 is 2.82 bits per heavy atom. The fourth-order valence-corrected chi connectivity index (χ4v) is 1.65. The Kier molecular flexibility index (Phi) is 3.23. The predicted octanol–water partition coefficient (Wildman–Crippen LogP) is 1.92. The number of nitro benzene ring substituents is 1. The minimum Gasteiger partial charge on any atom is -0.391 e. The van der Waals surface area contributed by atoms with E-state index in [2.05, 4.69) is 5.32 Å². The Hall–Kier alpha value is -1.69. The minimum atomic E-state index is -0.664. The van der Waals surface area contributed by atoms with Crippen molar-refractivity contribution in [1.29, 1.82) is 0 Å². The van der Waals surface area contributed by atoms with Crippen molar-refractivity contribution < 1.29 is 14.4 Å². The van der Waals surface area contributed by atoms with Crippen LogP contribution in [0.25, 0.3) is 0 Å². The van der Waals surface area contributed by atoms with E-state index in [4.69, 9.17) is 0 Å². The summed E-state index contributed by atoms with van der Waals surface area (Å²) in [6, 6.07) is 3.29. The van der Waals surface area contributed by atoms with Crippen LogP contribution in [0.3, 0.4) is 0 Å². The van der Waals surface area contributed by atoms with Crippen LogP contribution >= 0.6 is 0 Å². The predicted molar refractivity (Wildman–Crippen MR) is 60.3 cm³/mol. The highest BCUT2D eigenvalue weighted by Crippen LogP contribution is 2.32. The molecule has 17 heavy (non-hydrogen) atoms. The number of aliphatic hydroxyl groups is 1. The van der Waals surface area contributed by atoms with E-state index in [9.17, 15) is 19.6 Å². The largest absolute Gasteiger partial charge is 0.391 e. The monoisotopic (exact) mass is 240 g/mol. The lowest BCUT2D eigenvalue weighted by atomic mass is 10.2. The third kappa shape index (κ3) is 3.13. The first-order chi connectivity index (χ1) is 8.06. The maximum Gasteiger partial charge on any atom is 0.274 e. The summed E-state index contributed by atoms with van der Waals surface area (Å²) in [6.45, 7) is 0.283. The number of nitrogens with one attached hydrogen (secondary N) is 1. The first-order valence-corrected chi connectivity index (χ1v) is 5.43. The van der Waals surface area contributed by atoms with Gasteiger partial charge in [0.2, 0.25) is 0 Å². The third-order valence-electron chi connectivity index (χ3n) is 2.77. The lowest BCUT2D eigenvalue weighted by Gasteiger charge is -2.11. The van der Waals surface area contributed by atoms with Gasteiger partial charge in [-0.05, 0) is 24.8 Å². The first-order valence-electron chi connectivity index (χ1n) is 5.43. The fourth-order valence-electron chi connectivity index (χ4n) is 1.65. The Morgan fingerprint density at radius 1 is 1.53 bits per heavy atom. The molecule has 1 unspecified atom stereocenters. The van der Waals surface area contributed by atoms with Crippen molar-refractivity contribution in [1.82, 2.24) is 0 Å². The quantitative estimate of drug-likeness (QED) is 0.609. The molecule has 0 bridgehead atoms. The average molecular weight is 240 g/mol. The van der Waals surface area contributed by atoms with Crippen molar-refractivity contribution in [3.63, 3.8) is 0 Å². The second kappa shape index (κ2) is 4.67. The third-order valence-corrected chi connectivity index (χ3v) is 2.77. The van der Waals surface area contributed by atoms with Gasteiger partial charge in [0, 0.05) is 18.3 Å². The van der Waals surface area contributed by atoms with E-state index >= 15 is 0 Å². The Morgan fingerprint density at radius 2 is 2.24 bits per heavy atom. The number of non-ortho nitro benzene ring substituents is 1. The zero-order valence-corrected chi connectivity index (χ0v) is 9.10. The molecule has 0 aliphatic heterocycles. The molecule has 5 nitrogen and oxygen atoms in total. The summed E-state index contributed by atoms with van der Waals surface area (Å²) in [7, 11) is 0. The van der Waals surface area contributed by atoms with Gasteiger partial charge >= 0.3 is 0 Å². The van der Waals surface area contributed by atoms with Gasteiger partial charge in [-0.1, -0.05) is 0 Å². The maximum absolute atomic E-state index is 13.1. The number of hydrogen-bond acceptors (Lipinski definition) is 4. The van der Waals surface area contributed by atoms with Gasteiger partial charge in [0.15, 0.2) is 0 Å². The molecule has 0 spiro atoms. The van der Waals surface area contributed by atoms with Gasteiger partial charge < -0.3 is 10.4 Å². The number of benzene rings is 1. The summed E-state index contributed by atoms with van der Waals surface area (Å²) < 4.78 is 13.1. The summed E-state index contributed by atoms with van der Waals surface area (Å²) in [4.78, 5) is 9.88. The van der Waals surface area contributed by atoms with Gasteiger partial charge in [-0.3, -0.25) is 10.1 Å². The summed E-state index contributed by atoms with van der Waals surface area (Å²) in [5, 5.41) is 22.9. The van der Waals surface area contributed by atoms with Crippen LogP contribution in [0.4, 0.5) is 15.8 Å². The zero-order chi connectivity index (χ0) is 12.4. The van der Waals surface area contributed by atoms with Crippen molar-refractivity contribution >= 4 is 11.4 Å². The van der Waals surface area contributed by atoms with Crippen LogP contribution in [0.1, 0.15) is 12.8 Å². The molecule has 1 saturated carbocycles. The van der Waals surface area contributed by atoms with Crippen molar-refractivity contribution in [3.8, 4) is 0 Å². The smallest absolute Gasteiger partial charge is 0.274 e. The van der Waals surface area contributed by atoms with E-state index in [1.54, 1.807) is 0 Å². The fraction of sp³-hybridized carbons (Fsp3) is 0.455. The van der Waals surface area contributed by atoms with Gasteiger partial charge in [0.05, 0.1) is 17.1 Å². The average Bonchev–Trinajstić information content (AvgIpc) is 3.08. The van der Waals surface area contributed by atoms with Crippen LogP contribution in [0.5, 0.6) is 0 Å². The topological polar surface area (TPSA) is 75.4 Å². The molecule has 1 aromatic rings. The zero-order valence-electron chi connectivity index (χ0n) is 9.10. The molecule has 2 rings (SSSR count). The van der Waals surface area contributed by atoms with E-state index in [1.807, 2.05) is 0 Å². The van der Waals surface area contributed by atoms with Crippen LogP contribution in [-0.2, 0) is 0 Å². The number of anilines is 1. The number of aliphatic hydroxyl groups excluding tert-OH is 1. The minimum absolute atomic E-state index is 0.283. The van der Waals surface area contributed by atoms with Gasteiger partial charge in [-0.25, -0.2) is 4.39 Å². The van der Waals surface area contributed by atoms with Gasteiger partial charge in [-0.15, -0.1) is 0 Å². The van der Waals surface area contributed by atoms with E-state index < -0.39 is 16.8 Å². The second-order valence-electron chi connectivity index (χ2n) is 4.24. The molecular formula is C11H13FN2O3. The molecule has 92 valence electrons. The molecule has 0 saturated heterocycles. The second-order valence-corrected chi connectivity index (χ2v) is 4.24. The lowest BCUT2D eigenvalue weighted by molar-refractivity contribution is -0.385. The first kappa shape index (κ1) is 11.8. The molecular weight excluding hydrogens is 227 g/mol. The highest BCUT2D eigenvalue weighted by atomic mass is 19.1. The van der Waals surface area contributed by atoms with Gasteiger partial charge in [-0.2, -0.15) is 0 Å². The highest BCUT2D eigenvalue weighted by molar-refractivity contribution is 5.51. The summed E-state index contributed by atoms with van der Waals surface area (Å²) in [5.41, 5.74) is 0.0183. The molecule has 0 amide bonds. The molecule has 0 aromatic heterocycles. The van der Waals surface area contributed by atoms with Crippen LogP contribution < -0.4 is 5.32 Å². The molecule has 1 atom stereocenters. The Labute approximate surface area is 97.4 Å². The Balaban J connectivity index is 2.01. The van der Waals surface area contributed by atoms with E-state index in [-0.39, 0.29) is 12.2 Å². The van der Waals surface area contributed by atoms with Crippen LogP contribution in [0.15, 0.2) is 18.2 Å². The summed E-state index contributed by atoms with van der Waals surface area (Å²) >= 11 is 0. The number of nitrogens with zero attached hydrogens (tertiary/aromatic N) is 1. The lowest BCUT2D eigenvalue weighted by Crippen LogP contribution is -2.21. The normalized spacial score (nSPS) is 16.6. The van der Waals surface area contributed by atoms with E-state index in [0.29, 0.717) is 11.6 Å². The van der Waals surface area contributed by atoms with Crippen molar-refractivity contribution in [2.75, 3.05) is 11.9 Å².